The van der Waals surface area contributed by atoms with Gasteiger partial charge in [-0.25, -0.2) is 0 Å². The fourth-order valence-corrected chi connectivity index (χ4v) is 2.40. The maximum atomic E-state index is 12.4. The van der Waals surface area contributed by atoms with Gasteiger partial charge in [0.15, 0.2) is 0 Å². The molecule has 1 amide bonds. The molecule has 148 valence electrons. The van der Waals surface area contributed by atoms with Gasteiger partial charge in [-0.2, -0.15) is 4.80 Å². The number of tetrazole rings is 1. The molecule has 0 radical (unpaired) electrons. The molecule has 0 spiro atoms. The van der Waals surface area contributed by atoms with Crippen LogP contribution in [0.5, 0.6) is 0 Å². The van der Waals surface area contributed by atoms with Crippen LogP contribution in [0.2, 0.25) is 0 Å². The average Bonchev–Trinajstić information content (AvgIpc) is 3.37. The number of methoxy groups -OCH3 is 1. The zero-order chi connectivity index (χ0) is 19.5. The van der Waals surface area contributed by atoms with Crippen molar-refractivity contribution >= 4 is 12.4 Å². The molecule has 3 rings (SSSR count). The molecule has 1 atom stereocenters. The number of aryl methyl sites for hydroxylation is 1. The van der Waals surface area contributed by atoms with E-state index in [-0.39, 0.29) is 18.5 Å². The molecule has 2 aromatic heterocycles. The number of rotatable bonds is 7. The van der Waals surface area contributed by atoms with Crippen molar-refractivity contribution in [2.24, 2.45) is 0 Å². The SMILES string of the molecule is COCCn1nnc(C2CN(C(=O)CCn3cnnc3)CCO2)n1.O=CO. The summed E-state index contributed by atoms with van der Waals surface area (Å²) in [5.41, 5.74) is 0. The van der Waals surface area contributed by atoms with Gasteiger partial charge in [-0.15, -0.1) is 20.4 Å². The van der Waals surface area contributed by atoms with Gasteiger partial charge in [-0.3, -0.25) is 9.59 Å². The maximum absolute atomic E-state index is 12.4. The third-order valence-corrected chi connectivity index (χ3v) is 3.72. The fourth-order valence-electron chi connectivity index (χ4n) is 2.40. The summed E-state index contributed by atoms with van der Waals surface area (Å²) < 4.78 is 12.4. The Balaban J connectivity index is 0.000000817. The third-order valence-electron chi connectivity index (χ3n) is 3.72. The van der Waals surface area contributed by atoms with Gasteiger partial charge >= 0.3 is 0 Å². The van der Waals surface area contributed by atoms with E-state index in [1.54, 1.807) is 29.2 Å². The number of carbonyl (C=O) groups excluding carboxylic acids is 1. The van der Waals surface area contributed by atoms with Gasteiger partial charge < -0.3 is 24.0 Å². The number of carboxylic acid groups (broad SMARTS) is 1. The zero-order valence-electron chi connectivity index (χ0n) is 14.9. The van der Waals surface area contributed by atoms with Crippen LogP contribution >= 0.6 is 0 Å². The first-order valence-electron chi connectivity index (χ1n) is 8.24. The minimum atomic E-state index is -0.353. The summed E-state index contributed by atoms with van der Waals surface area (Å²) in [7, 11) is 1.62. The smallest absolute Gasteiger partial charge is 0.290 e. The molecule has 0 saturated carbocycles. The van der Waals surface area contributed by atoms with Gasteiger partial charge in [0.05, 0.1) is 26.3 Å². The monoisotopic (exact) mass is 382 g/mol. The second kappa shape index (κ2) is 10.9. The molecule has 13 heteroatoms. The Bertz CT molecular complexity index is 692. The molecular weight excluding hydrogens is 360 g/mol. The molecule has 1 aliphatic rings. The van der Waals surface area contributed by atoms with E-state index in [9.17, 15) is 4.79 Å². The van der Waals surface area contributed by atoms with Crippen LogP contribution < -0.4 is 0 Å². The van der Waals surface area contributed by atoms with Gasteiger partial charge in [0.1, 0.15) is 18.8 Å². The van der Waals surface area contributed by atoms with Crippen molar-refractivity contribution in [2.45, 2.75) is 25.6 Å². The summed E-state index contributed by atoms with van der Waals surface area (Å²) in [4.78, 5) is 24.0. The van der Waals surface area contributed by atoms with Gasteiger partial charge in [0.2, 0.25) is 11.7 Å². The molecule has 13 nitrogen and oxygen atoms in total. The topological polar surface area (TPSA) is 150 Å². The second-order valence-corrected chi connectivity index (χ2v) is 5.49. The summed E-state index contributed by atoms with van der Waals surface area (Å²) in [6.45, 7) is 2.79. The van der Waals surface area contributed by atoms with Crippen LogP contribution in [-0.4, -0.2) is 90.8 Å². The predicted octanol–water partition coefficient (Wildman–Crippen LogP) is -1.40. The highest BCUT2D eigenvalue weighted by Gasteiger charge is 2.28. The van der Waals surface area contributed by atoms with Crippen molar-refractivity contribution in [3.05, 3.63) is 18.5 Å². The number of ether oxygens (including phenoxy) is 2. The fraction of sp³-hybridized carbons (Fsp3) is 0.643. The molecule has 27 heavy (non-hydrogen) atoms. The predicted molar refractivity (Wildman–Crippen MR) is 88.3 cm³/mol. The number of aromatic nitrogens is 7. The van der Waals surface area contributed by atoms with E-state index in [2.05, 4.69) is 25.6 Å². The van der Waals surface area contributed by atoms with Gasteiger partial charge in [0.25, 0.3) is 6.47 Å². The number of hydrogen-bond acceptors (Lipinski definition) is 9. The van der Waals surface area contributed by atoms with E-state index in [0.717, 1.165) is 0 Å². The van der Waals surface area contributed by atoms with E-state index < -0.39 is 0 Å². The molecule has 1 unspecified atom stereocenters. The lowest BCUT2D eigenvalue weighted by Gasteiger charge is -2.31. The summed E-state index contributed by atoms with van der Waals surface area (Å²) >= 11 is 0. The number of nitrogens with zero attached hydrogens (tertiary/aromatic N) is 8. The Morgan fingerprint density at radius 2 is 2.15 bits per heavy atom. The zero-order valence-corrected chi connectivity index (χ0v) is 14.9. The molecule has 1 saturated heterocycles. The van der Waals surface area contributed by atoms with Crippen molar-refractivity contribution in [1.29, 1.82) is 0 Å². The summed E-state index contributed by atoms with van der Waals surface area (Å²) in [6.07, 6.45) is 3.22. The van der Waals surface area contributed by atoms with E-state index in [1.807, 2.05) is 0 Å². The van der Waals surface area contributed by atoms with Crippen LogP contribution in [0, 0.1) is 0 Å². The van der Waals surface area contributed by atoms with E-state index in [1.165, 1.54) is 4.80 Å². The maximum Gasteiger partial charge on any atom is 0.290 e. The minimum absolute atomic E-state index is 0.0591. The number of hydrogen-bond donors (Lipinski definition) is 1. The lowest BCUT2D eigenvalue weighted by molar-refractivity contribution is -0.139. The average molecular weight is 382 g/mol. The highest BCUT2D eigenvalue weighted by Crippen LogP contribution is 2.19. The Morgan fingerprint density at radius 3 is 2.85 bits per heavy atom. The highest BCUT2D eigenvalue weighted by atomic mass is 16.5. The van der Waals surface area contributed by atoms with Crippen molar-refractivity contribution in [3.63, 3.8) is 0 Å². The molecule has 3 heterocycles. The Morgan fingerprint density at radius 1 is 1.41 bits per heavy atom. The molecular formula is C14H22N8O5. The summed E-state index contributed by atoms with van der Waals surface area (Å²) in [6, 6.07) is 0. The molecule has 0 aromatic carbocycles. The number of morpholine rings is 1. The Labute approximate surface area is 154 Å². The van der Waals surface area contributed by atoms with Crippen LogP contribution in [0.25, 0.3) is 0 Å². The summed E-state index contributed by atoms with van der Waals surface area (Å²) in [5, 5.41) is 26.6. The van der Waals surface area contributed by atoms with Crippen LogP contribution in [0.4, 0.5) is 0 Å². The molecule has 2 aromatic rings. The van der Waals surface area contributed by atoms with Crippen LogP contribution in [-0.2, 0) is 32.2 Å². The second-order valence-electron chi connectivity index (χ2n) is 5.49. The van der Waals surface area contributed by atoms with Crippen molar-refractivity contribution < 1.29 is 24.2 Å². The van der Waals surface area contributed by atoms with Gasteiger partial charge in [-0.05, 0) is 5.21 Å². The Kier molecular flexibility index (Phi) is 8.25. The lowest BCUT2D eigenvalue weighted by Crippen LogP contribution is -2.42. The first-order chi connectivity index (χ1) is 13.2. The molecule has 0 bridgehead atoms. The van der Waals surface area contributed by atoms with Crippen molar-refractivity contribution in [3.8, 4) is 0 Å². The number of amides is 1. The standard InChI is InChI=1S/C13H20N8O3.CH2O2/c1-23-6-5-21-17-13(16-18-21)11-8-20(4-7-24-11)12(22)2-3-19-9-14-15-10-19;2-1-3/h9-11H,2-8H2,1H3;1H,(H,2,3). The Hall–Kier alpha value is -2.93. The van der Waals surface area contributed by atoms with Crippen molar-refractivity contribution in [2.75, 3.05) is 33.4 Å². The molecule has 1 fully saturated rings. The molecule has 0 aliphatic carbocycles. The third kappa shape index (κ3) is 6.38. The molecule has 1 aliphatic heterocycles. The normalized spacial score (nSPS) is 16.5. The first-order valence-corrected chi connectivity index (χ1v) is 8.24. The van der Waals surface area contributed by atoms with E-state index in [0.29, 0.717) is 51.6 Å². The van der Waals surface area contributed by atoms with Gasteiger partial charge in [-0.1, -0.05) is 0 Å². The first kappa shape index (κ1) is 20.4. The van der Waals surface area contributed by atoms with Crippen LogP contribution in [0.3, 0.4) is 0 Å². The summed E-state index contributed by atoms with van der Waals surface area (Å²) in [5.74, 6) is 0.547. The lowest BCUT2D eigenvalue weighted by atomic mass is 10.2. The molecule has 1 N–H and O–H groups in total. The van der Waals surface area contributed by atoms with Crippen LogP contribution in [0.1, 0.15) is 18.3 Å². The highest BCUT2D eigenvalue weighted by molar-refractivity contribution is 5.76. The minimum Gasteiger partial charge on any atom is -0.483 e. The van der Waals surface area contributed by atoms with E-state index >= 15 is 0 Å². The van der Waals surface area contributed by atoms with Gasteiger partial charge in [0, 0.05) is 26.6 Å². The quantitative estimate of drug-likeness (QED) is 0.566. The van der Waals surface area contributed by atoms with Crippen molar-refractivity contribution in [1.82, 2.24) is 39.9 Å². The largest absolute Gasteiger partial charge is 0.483 e. The van der Waals surface area contributed by atoms with Crippen LogP contribution in [0.15, 0.2) is 12.7 Å². The number of carbonyl (C=O) groups is 2. The van der Waals surface area contributed by atoms with E-state index in [4.69, 9.17) is 19.4 Å².